The summed E-state index contributed by atoms with van der Waals surface area (Å²) in [5.74, 6) is 0.00357. The molecule has 4 nitrogen and oxygen atoms in total. The van der Waals surface area contributed by atoms with E-state index in [1.165, 1.54) is 0 Å². The number of carbonyl (C=O) groups is 2. The third-order valence-corrected chi connectivity index (χ3v) is 2.89. The number of carbonyl (C=O) groups excluding carboxylic acids is 2. The van der Waals surface area contributed by atoms with E-state index in [-0.39, 0.29) is 5.91 Å². The summed E-state index contributed by atoms with van der Waals surface area (Å²) in [7, 11) is 0. The number of amides is 1. The Hall–Kier alpha value is -2.10. The first-order valence-electron chi connectivity index (χ1n) is 5.14. The Morgan fingerprint density at radius 2 is 2.31 bits per heavy atom. The van der Waals surface area contributed by atoms with E-state index in [4.69, 9.17) is 0 Å². The summed E-state index contributed by atoms with van der Waals surface area (Å²) < 4.78 is 1.85. The molecule has 80 valence electrons. The molecule has 0 saturated carbocycles. The molecule has 0 spiro atoms. The number of aldehydes is 1. The summed E-state index contributed by atoms with van der Waals surface area (Å²) in [6.45, 7) is 0.315. The van der Waals surface area contributed by atoms with Crippen LogP contribution in [0.1, 0.15) is 5.56 Å². The monoisotopic (exact) mass is 214 g/mol. The molecule has 0 atom stereocenters. The fourth-order valence-electron chi connectivity index (χ4n) is 2.27. The van der Waals surface area contributed by atoms with E-state index in [1.54, 1.807) is 0 Å². The van der Waals surface area contributed by atoms with Crippen molar-refractivity contribution in [2.45, 2.75) is 13.0 Å². The van der Waals surface area contributed by atoms with Gasteiger partial charge in [-0.1, -0.05) is 12.1 Å². The second kappa shape index (κ2) is 3.20. The standard InChI is InChI=1S/C12H10N2O2/c15-5-4-14-7-9-12-8(6-11(16)13-9)2-1-3-10(12)14/h1-3,5,7H,4,6H2,(H,13,16). The topological polar surface area (TPSA) is 51.1 Å². The number of rotatable bonds is 2. The summed E-state index contributed by atoms with van der Waals surface area (Å²) in [5, 5.41) is 3.89. The van der Waals surface area contributed by atoms with Gasteiger partial charge in [0, 0.05) is 11.6 Å². The number of hydrogen-bond donors (Lipinski definition) is 1. The molecule has 1 aromatic carbocycles. The van der Waals surface area contributed by atoms with Crippen molar-refractivity contribution in [3.8, 4) is 0 Å². The summed E-state index contributed by atoms with van der Waals surface area (Å²) >= 11 is 0. The van der Waals surface area contributed by atoms with Crippen LogP contribution in [0.25, 0.3) is 10.9 Å². The van der Waals surface area contributed by atoms with Crippen LogP contribution in [0.4, 0.5) is 5.69 Å². The Morgan fingerprint density at radius 1 is 1.44 bits per heavy atom. The second-order valence-electron chi connectivity index (χ2n) is 3.90. The smallest absolute Gasteiger partial charge is 0.228 e. The molecule has 1 aliphatic rings. The van der Waals surface area contributed by atoms with Crippen molar-refractivity contribution in [3.05, 3.63) is 30.0 Å². The van der Waals surface area contributed by atoms with E-state index in [2.05, 4.69) is 5.32 Å². The SMILES string of the molecule is O=CCn1cc2c3c(cccc31)CC(=O)N2. The highest BCUT2D eigenvalue weighted by molar-refractivity contribution is 6.09. The van der Waals surface area contributed by atoms with Gasteiger partial charge in [0.2, 0.25) is 5.91 Å². The lowest BCUT2D eigenvalue weighted by atomic mass is 10.0. The average Bonchev–Trinajstić information content (AvgIpc) is 2.59. The molecule has 0 unspecified atom stereocenters. The van der Waals surface area contributed by atoms with Gasteiger partial charge in [-0.25, -0.2) is 0 Å². The van der Waals surface area contributed by atoms with E-state index in [9.17, 15) is 9.59 Å². The summed E-state index contributed by atoms with van der Waals surface area (Å²) in [4.78, 5) is 22.0. The Balaban J connectivity index is 2.32. The van der Waals surface area contributed by atoms with Crippen molar-refractivity contribution in [1.29, 1.82) is 0 Å². The summed E-state index contributed by atoms with van der Waals surface area (Å²) in [6, 6.07) is 5.83. The lowest BCUT2D eigenvalue weighted by Crippen LogP contribution is -2.18. The Labute approximate surface area is 91.9 Å². The Morgan fingerprint density at radius 3 is 3.12 bits per heavy atom. The maximum Gasteiger partial charge on any atom is 0.228 e. The molecular weight excluding hydrogens is 204 g/mol. The number of nitrogens with one attached hydrogen (secondary N) is 1. The maximum absolute atomic E-state index is 11.4. The number of nitrogens with zero attached hydrogens (tertiary/aromatic N) is 1. The van der Waals surface area contributed by atoms with Crippen molar-refractivity contribution >= 4 is 28.8 Å². The van der Waals surface area contributed by atoms with Crippen molar-refractivity contribution in [3.63, 3.8) is 0 Å². The predicted molar refractivity (Wildman–Crippen MR) is 60.3 cm³/mol. The molecule has 2 heterocycles. The van der Waals surface area contributed by atoms with Crippen LogP contribution in [0.15, 0.2) is 24.4 Å². The lowest BCUT2D eigenvalue weighted by Gasteiger charge is -2.12. The predicted octanol–water partition coefficient (Wildman–Crippen LogP) is 1.33. The van der Waals surface area contributed by atoms with Gasteiger partial charge in [0.05, 0.1) is 24.2 Å². The number of benzene rings is 1. The van der Waals surface area contributed by atoms with Crippen LogP contribution in [0, 0.1) is 0 Å². The molecule has 0 radical (unpaired) electrons. The van der Waals surface area contributed by atoms with E-state index >= 15 is 0 Å². The first kappa shape index (κ1) is 9.15. The molecule has 1 aromatic heterocycles. The van der Waals surface area contributed by atoms with E-state index in [0.717, 1.165) is 28.4 Å². The average molecular weight is 214 g/mol. The molecule has 2 aromatic rings. The zero-order chi connectivity index (χ0) is 11.1. The van der Waals surface area contributed by atoms with Crippen molar-refractivity contribution in [2.75, 3.05) is 5.32 Å². The minimum atomic E-state index is 0.00357. The summed E-state index contributed by atoms with van der Waals surface area (Å²) in [6.07, 6.45) is 3.09. The van der Waals surface area contributed by atoms with Crippen LogP contribution in [-0.4, -0.2) is 16.8 Å². The third kappa shape index (κ3) is 1.16. The fraction of sp³-hybridized carbons (Fsp3) is 0.167. The van der Waals surface area contributed by atoms with Crippen LogP contribution in [0.5, 0.6) is 0 Å². The van der Waals surface area contributed by atoms with Gasteiger partial charge in [0.15, 0.2) is 0 Å². The van der Waals surface area contributed by atoms with Gasteiger partial charge in [0.25, 0.3) is 0 Å². The van der Waals surface area contributed by atoms with Gasteiger partial charge in [-0.15, -0.1) is 0 Å². The van der Waals surface area contributed by atoms with Gasteiger partial charge in [0.1, 0.15) is 6.29 Å². The minimum absolute atomic E-state index is 0.00357. The first-order valence-corrected chi connectivity index (χ1v) is 5.14. The molecule has 1 N–H and O–H groups in total. The molecule has 16 heavy (non-hydrogen) atoms. The molecule has 0 fully saturated rings. The van der Waals surface area contributed by atoms with E-state index < -0.39 is 0 Å². The van der Waals surface area contributed by atoms with Gasteiger partial charge >= 0.3 is 0 Å². The van der Waals surface area contributed by atoms with Gasteiger partial charge in [-0.2, -0.15) is 0 Å². The highest BCUT2D eigenvalue weighted by Gasteiger charge is 2.20. The Kier molecular flexibility index (Phi) is 1.83. The van der Waals surface area contributed by atoms with E-state index in [0.29, 0.717) is 13.0 Å². The zero-order valence-corrected chi connectivity index (χ0v) is 8.56. The Bertz CT molecular complexity index is 598. The highest BCUT2D eigenvalue weighted by Crippen LogP contribution is 2.32. The molecule has 1 amide bonds. The first-order chi connectivity index (χ1) is 7.79. The van der Waals surface area contributed by atoms with Crippen LogP contribution in [-0.2, 0) is 22.6 Å². The minimum Gasteiger partial charge on any atom is -0.338 e. The van der Waals surface area contributed by atoms with Crippen LogP contribution < -0.4 is 5.32 Å². The lowest BCUT2D eigenvalue weighted by molar-refractivity contribution is -0.115. The zero-order valence-electron chi connectivity index (χ0n) is 8.56. The third-order valence-electron chi connectivity index (χ3n) is 2.89. The quantitative estimate of drug-likeness (QED) is 0.767. The molecule has 0 aliphatic carbocycles. The van der Waals surface area contributed by atoms with E-state index in [1.807, 2.05) is 29.0 Å². The van der Waals surface area contributed by atoms with Gasteiger partial charge in [-0.05, 0) is 11.6 Å². The van der Waals surface area contributed by atoms with Crippen LogP contribution in [0.3, 0.4) is 0 Å². The van der Waals surface area contributed by atoms with Crippen LogP contribution >= 0.6 is 0 Å². The maximum atomic E-state index is 11.4. The van der Waals surface area contributed by atoms with Crippen molar-refractivity contribution < 1.29 is 9.59 Å². The normalized spacial score (nSPS) is 13.9. The second-order valence-corrected chi connectivity index (χ2v) is 3.90. The molecule has 1 aliphatic heterocycles. The number of anilines is 1. The van der Waals surface area contributed by atoms with Crippen LogP contribution in [0.2, 0.25) is 0 Å². The molecule has 0 bridgehead atoms. The van der Waals surface area contributed by atoms with Crippen molar-refractivity contribution in [2.24, 2.45) is 0 Å². The van der Waals surface area contributed by atoms with Gasteiger partial charge < -0.3 is 14.7 Å². The number of aromatic nitrogens is 1. The summed E-state index contributed by atoms with van der Waals surface area (Å²) in [5.41, 5.74) is 2.84. The number of hydrogen-bond acceptors (Lipinski definition) is 2. The molecule has 4 heteroatoms. The highest BCUT2D eigenvalue weighted by atomic mass is 16.1. The molecular formula is C12H10N2O2. The largest absolute Gasteiger partial charge is 0.338 e. The van der Waals surface area contributed by atoms with Gasteiger partial charge in [-0.3, -0.25) is 4.79 Å². The van der Waals surface area contributed by atoms with Crippen molar-refractivity contribution in [1.82, 2.24) is 4.57 Å². The molecule has 0 saturated heterocycles. The molecule has 3 rings (SSSR count). The fourth-order valence-corrected chi connectivity index (χ4v) is 2.27.